The van der Waals surface area contributed by atoms with Gasteiger partial charge in [0.2, 0.25) is 0 Å². The molecular weight excluding hydrogens is 400 g/mol. The van der Waals surface area contributed by atoms with Gasteiger partial charge in [0.1, 0.15) is 0 Å². The Balaban J connectivity index is 1.58. The first-order chi connectivity index (χ1) is 15.8. The Kier molecular flexibility index (Phi) is 3.89. The van der Waals surface area contributed by atoms with E-state index in [1.165, 1.54) is 16.3 Å². The van der Waals surface area contributed by atoms with Crippen molar-refractivity contribution >= 4 is 49.5 Å². The number of hydrogen-bond donors (Lipinski definition) is 2. The first-order valence-corrected chi connectivity index (χ1v) is 11.4. The summed E-state index contributed by atoms with van der Waals surface area (Å²) >= 11 is 0. The Morgan fingerprint density at radius 2 is 1.69 bits per heavy atom. The quantitative estimate of drug-likeness (QED) is 0.460. The van der Waals surface area contributed by atoms with Gasteiger partial charge in [-0.15, -0.1) is 0 Å². The van der Waals surface area contributed by atoms with Gasteiger partial charge in [0.25, 0.3) is 5.91 Å². The summed E-state index contributed by atoms with van der Waals surface area (Å²) in [7, 11) is 0. The van der Waals surface area contributed by atoms with Gasteiger partial charge >= 0.3 is 0 Å². The van der Waals surface area contributed by atoms with Crippen LogP contribution in [0.4, 0.5) is 0 Å². The Labute approximate surface area is 184 Å². The number of hydrogen-bond acceptors (Lipinski definition) is 3. The second-order valence-electron chi connectivity index (χ2n) is 8.80. The van der Waals surface area contributed by atoms with E-state index in [0.29, 0.717) is 6.54 Å². The van der Waals surface area contributed by atoms with Crippen LogP contribution >= 0.6 is 0 Å². The number of para-hydroxylation sites is 2. The summed E-state index contributed by atoms with van der Waals surface area (Å²) in [5.41, 5.74) is 6.53. The fraction of sp³-hybridized carbons (Fsp3) is 0.269. The summed E-state index contributed by atoms with van der Waals surface area (Å²) in [5, 5.41) is 7.68. The molecule has 0 unspecified atom stereocenters. The lowest BCUT2D eigenvalue weighted by molar-refractivity contribution is 0.0367. The number of H-pyrrole nitrogens is 1. The Morgan fingerprint density at radius 3 is 2.56 bits per heavy atom. The number of nitrogens with one attached hydrogen (secondary N) is 2. The van der Waals surface area contributed by atoms with Crippen molar-refractivity contribution in [3.05, 3.63) is 59.7 Å². The smallest absolute Gasteiger partial charge is 0.252 e. The van der Waals surface area contributed by atoms with Crippen molar-refractivity contribution in [2.24, 2.45) is 0 Å². The molecule has 1 fully saturated rings. The van der Waals surface area contributed by atoms with Crippen molar-refractivity contribution in [1.82, 2.24) is 19.8 Å². The molecular formula is C26H24N4O2. The fourth-order valence-corrected chi connectivity index (χ4v) is 5.71. The summed E-state index contributed by atoms with van der Waals surface area (Å²) in [6.45, 7) is 5.94. The molecule has 160 valence electrons. The summed E-state index contributed by atoms with van der Waals surface area (Å²) in [5.74, 6) is 0.0354. The molecule has 1 saturated heterocycles. The summed E-state index contributed by atoms with van der Waals surface area (Å²) in [4.78, 5) is 19.3. The molecule has 6 heteroatoms. The molecule has 6 nitrogen and oxygen atoms in total. The molecule has 0 aliphatic carbocycles. The number of aromatic nitrogens is 2. The number of aromatic amines is 1. The molecule has 0 saturated carbocycles. The van der Waals surface area contributed by atoms with Crippen molar-refractivity contribution in [1.29, 1.82) is 0 Å². The van der Waals surface area contributed by atoms with E-state index in [4.69, 9.17) is 4.74 Å². The van der Waals surface area contributed by atoms with Gasteiger partial charge in [-0.25, -0.2) is 0 Å². The minimum atomic E-state index is 0.0354. The number of carbonyl (C=O) groups is 1. The van der Waals surface area contributed by atoms with Gasteiger partial charge in [-0.3, -0.25) is 9.69 Å². The molecule has 2 aliphatic heterocycles. The van der Waals surface area contributed by atoms with Crippen LogP contribution in [0.2, 0.25) is 0 Å². The second kappa shape index (κ2) is 6.82. The van der Waals surface area contributed by atoms with E-state index in [0.717, 1.165) is 77.8 Å². The molecule has 2 aliphatic rings. The van der Waals surface area contributed by atoms with Crippen LogP contribution in [0.3, 0.4) is 0 Å². The summed E-state index contributed by atoms with van der Waals surface area (Å²) in [6, 6.07) is 16.9. The fourth-order valence-electron chi connectivity index (χ4n) is 5.71. The third-order valence-corrected chi connectivity index (χ3v) is 7.16. The van der Waals surface area contributed by atoms with Gasteiger partial charge in [0.05, 0.1) is 29.8 Å². The number of ether oxygens (including phenoxy) is 1. The van der Waals surface area contributed by atoms with Crippen LogP contribution in [-0.2, 0) is 17.8 Å². The zero-order valence-electron chi connectivity index (χ0n) is 17.8. The maximum atomic E-state index is 13.1. The molecule has 1 amide bonds. The minimum absolute atomic E-state index is 0.0354. The van der Waals surface area contributed by atoms with Gasteiger partial charge in [0.15, 0.2) is 0 Å². The number of fused-ring (bicyclic) bond motifs is 10. The average Bonchev–Trinajstić information content (AvgIpc) is 3.50. The lowest BCUT2D eigenvalue weighted by atomic mass is 9.97. The maximum absolute atomic E-state index is 13.1. The standard InChI is InChI=1S/C26H24N4O2/c31-26-23-18(15-27-26)21-16-5-1-3-7-19(16)28-24(21)25-22(23)17-6-2-4-8-20(17)30(25)10-9-29-11-13-32-14-12-29/h1-8,28H,9-15H2,(H,27,31). The first kappa shape index (κ1) is 18.2. The number of carbonyl (C=O) groups excluding carboxylic acids is 1. The molecule has 3 aromatic carbocycles. The van der Waals surface area contributed by atoms with E-state index < -0.39 is 0 Å². The van der Waals surface area contributed by atoms with Crippen LogP contribution < -0.4 is 5.32 Å². The number of morpholine rings is 1. The van der Waals surface area contributed by atoms with Crippen molar-refractivity contribution in [3.63, 3.8) is 0 Å². The SMILES string of the molecule is O=C1NCc2c1c1c3ccccc3n(CCN3CCOCC3)c1c1[nH]c3ccccc3c21. The van der Waals surface area contributed by atoms with E-state index in [1.54, 1.807) is 0 Å². The van der Waals surface area contributed by atoms with Crippen LogP contribution in [0, 0.1) is 0 Å². The highest BCUT2D eigenvalue weighted by Gasteiger charge is 2.30. The van der Waals surface area contributed by atoms with Crippen LogP contribution in [0.1, 0.15) is 15.9 Å². The van der Waals surface area contributed by atoms with Crippen molar-refractivity contribution in [2.75, 3.05) is 32.8 Å². The summed E-state index contributed by atoms with van der Waals surface area (Å²) < 4.78 is 7.95. The highest BCUT2D eigenvalue weighted by molar-refractivity contribution is 6.30. The predicted molar refractivity (Wildman–Crippen MR) is 127 cm³/mol. The van der Waals surface area contributed by atoms with Gasteiger partial charge in [0, 0.05) is 65.3 Å². The van der Waals surface area contributed by atoms with Crippen LogP contribution in [0.5, 0.6) is 0 Å². The van der Waals surface area contributed by atoms with Gasteiger partial charge in [-0.05, 0) is 17.7 Å². The molecule has 0 radical (unpaired) electrons. The molecule has 7 rings (SSSR count). The second-order valence-corrected chi connectivity index (χ2v) is 8.80. The normalized spacial score (nSPS) is 17.1. The van der Waals surface area contributed by atoms with Gasteiger partial charge < -0.3 is 19.6 Å². The molecule has 5 aromatic rings. The minimum Gasteiger partial charge on any atom is -0.379 e. The molecule has 2 aromatic heterocycles. The monoisotopic (exact) mass is 424 g/mol. The zero-order valence-corrected chi connectivity index (χ0v) is 17.8. The topological polar surface area (TPSA) is 62.3 Å². The summed E-state index contributed by atoms with van der Waals surface area (Å²) in [6.07, 6.45) is 0. The largest absolute Gasteiger partial charge is 0.379 e. The third-order valence-electron chi connectivity index (χ3n) is 7.16. The molecule has 2 N–H and O–H groups in total. The number of benzene rings is 3. The Bertz CT molecular complexity index is 1540. The maximum Gasteiger partial charge on any atom is 0.252 e. The van der Waals surface area contributed by atoms with Crippen LogP contribution in [0.15, 0.2) is 48.5 Å². The van der Waals surface area contributed by atoms with Gasteiger partial charge in [-0.2, -0.15) is 0 Å². The van der Waals surface area contributed by atoms with E-state index in [2.05, 4.69) is 68.3 Å². The lowest BCUT2D eigenvalue weighted by Gasteiger charge is -2.27. The predicted octanol–water partition coefficient (Wildman–Crippen LogP) is 4.00. The van der Waals surface area contributed by atoms with E-state index in [1.807, 2.05) is 0 Å². The zero-order chi connectivity index (χ0) is 21.2. The van der Waals surface area contributed by atoms with Crippen LogP contribution in [-0.4, -0.2) is 53.2 Å². The molecule has 0 bridgehead atoms. The van der Waals surface area contributed by atoms with Crippen LogP contribution in [0.25, 0.3) is 43.6 Å². The lowest BCUT2D eigenvalue weighted by Crippen LogP contribution is -2.38. The first-order valence-electron chi connectivity index (χ1n) is 11.4. The molecule has 0 atom stereocenters. The Hall–Kier alpha value is -3.35. The van der Waals surface area contributed by atoms with Crippen molar-refractivity contribution < 1.29 is 9.53 Å². The van der Waals surface area contributed by atoms with Crippen molar-refractivity contribution in [3.8, 4) is 0 Å². The van der Waals surface area contributed by atoms with E-state index >= 15 is 0 Å². The van der Waals surface area contributed by atoms with E-state index in [-0.39, 0.29) is 5.91 Å². The number of nitrogens with zero attached hydrogens (tertiary/aromatic N) is 2. The average molecular weight is 425 g/mol. The number of amides is 1. The third kappa shape index (κ3) is 2.45. The van der Waals surface area contributed by atoms with Gasteiger partial charge in [-0.1, -0.05) is 36.4 Å². The molecule has 4 heterocycles. The number of rotatable bonds is 3. The molecule has 32 heavy (non-hydrogen) atoms. The highest BCUT2D eigenvalue weighted by Crippen LogP contribution is 2.43. The highest BCUT2D eigenvalue weighted by atomic mass is 16.5. The molecule has 0 spiro atoms. The Morgan fingerprint density at radius 1 is 0.906 bits per heavy atom. The van der Waals surface area contributed by atoms with Crippen molar-refractivity contribution in [2.45, 2.75) is 13.1 Å². The van der Waals surface area contributed by atoms with E-state index in [9.17, 15) is 4.79 Å².